The summed E-state index contributed by atoms with van der Waals surface area (Å²) in [4.78, 5) is 21.3. The van der Waals surface area contributed by atoms with E-state index < -0.39 is 11.9 Å². The predicted octanol–water partition coefficient (Wildman–Crippen LogP) is 0.891. The lowest BCUT2D eigenvalue weighted by Gasteiger charge is -2.00. The van der Waals surface area contributed by atoms with Gasteiger partial charge in [-0.1, -0.05) is 17.7 Å². The molecule has 0 unspecified atom stereocenters. The monoisotopic (exact) mass is 182 g/mol. The minimum Gasteiger partial charge on any atom is -0.481 e. The number of carbonyl (C=O) groups excluding carboxylic acids is 1. The number of rotatable bonds is 3. The summed E-state index contributed by atoms with van der Waals surface area (Å²) in [6.45, 7) is 0. The van der Waals surface area contributed by atoms with E-state index >= 15 is 0 Å². The van der Waals surface area contributed by atoms with Gasteiger partial charge in [0.25, 0.3) is 0 Å². The highest BCUT2D eigenvalue weighted by Gasteiger charge is 2.17. The SMILES string of the molecule is COC(=O)C1=CC=C(CC(=O)O)C1. The van der Waals surface area contributed by atoms with Crippen molar-refractivity contribution in [3.63, 3.8) is 0 Å². The first-order valence-electron chi connectivity index (χ1n) is 3.82. The van der Waals surface area contributed by atoms with Gasteiger partial charge in [0.05, 0.1) is 13.5 Å². The molecule has 13 heavy (non-hydrogen) atoms. The molecule has 0 amide bonds. The smallest absolute Gasteiger partial charge is 0.334 e. The summed E-state index contributed by atoms with van der Waals surface area (Å²) in [5.74, 6) is -1.28. The van der Waals surface area contributed by atoms with Crippen LogP contribution in [0.1, 0.15) is 12.8 Å². The first kappa shape index (κ1) is 9.51. The molecule has 0 aromatic rings. The van der Waals surface area contributed by atoms with Gasteiger partial charge in [-0.05, 0) is 0 Å². The van der Waals surface area contributed by atoms with Gasteiger partial charge >= 0.3 is 11.9 Å². The van der Waals surface area contributed by atoms with Crippen molar-refractivity contribution in [1.29, 1.82) is 0 Å². The Bertz CT molecular complexity index is 299. The average molecular weight is 182 g/mol. The Labute approximate surface area is 75.5 Å². The van der Waals surface area contributed by atoms with Gasteiger partial charge in [-0.2, -0.15) is 0 Å². The molecule has 0 atom stereocenters. The van der Waals surface area contributed by atoms with Crippen molar-refractivity contribution < 1.29 is 19.4 Å². The molecular formula is C9H10O4. The van der Waals surface area contributed by atoms with Crippen molar-refractivity contribution in [3.05, 3.63) is 23.3 Å². The number of carboxylic acid groups (broad SMARTS) is 1. The normalized spacial score (nSPS) is 14.8. The lowest BCUT2D eigenvalue weighted by Crippen LogP contribution is -2.04. The number of hydrogen-bond donors (Lipinski definition) is 1. The second-order valence-electron chi connectivity index (χ2n) is 2.76. The molecule has 0 aromatic heterocycles. The van der Waals surface area contributed by atoms with E-state index in [1.54, 1.807) is 12.2 Å². The average Bonchev–Trinajstić information content (AvgIpc) is 2.50. The maximum Gasteiger partial charge on any atom is 0.334 e. The van der Waals surface area contributed by atoms with E-state index in [9.17, 15) is 9.59 Å². The number of ether oxygens (including phenoxy) is 1. The molecular weight excluding hydrogens is 172 g/mol. The summed E-state index contributed by atoms with van der Waals surface area (Å²) < 4.78 is 4.50. The van der Waals surface area contributed by atoms with Crippen LogP contribution in [0.4, 0.5) is 0 Å². The number of aliphatic carboxylic acids is 1. The molecule has 0 spiro atoms. The zero-order valence-corrected chi connectivity index (χ0v) is 7.24. The van der Waals surface area contributed by atoms with E-state index in [1.807, 2.05) is 0 Å². The Balaban J connectivity index is 2.49. The Morgan fingerprint density at radius 3 is 2.77 bits per heavy atom. The van der Waals surface area contributed by atoms with E-state index in [1.165, 1.54) is 7.11 Å². The van der Waals surface area contributed by atoms with Crippen molar-refractivity contribution in [2.75, 3.05) is 7.11 Å². The van der Waals surface area contributed by atoms with Crippen LogP contribution in [0.2, 0.25) is 0 Å². The Morgan fingerprint density at radius 1 is 1.54 bits per heavy atom. The molecule has 0 aliphatic heterocycles. The summed E-state index contributed by atoms with van der Waals surface area (Å²) in [7, 11) is 1.30. The highest BCUT2D eigenvalue weighted by atomic mass is 16.5. The van der Waals surface area contributed by atoms with Gasteiger partial charge in [0, 0.05) is 12.0 Å². The molecule has 1 aliphatic rings. The fourth-order valence-electron chi connectivity index (χ4n) is 1.17. The van der Waals surface area contributed by atoms with Gasteiger partial charge in [0.1, 0.15) is 0 Å². The second-order valence-corrected chi connectivity index (χ2v) is 2.76. The van der Waals surface area contributed by atoms with Crippen LogP contribution in [-0.2, 0) is 14.3 Å². The van der Waals surface area contributed by atoms with Crippen LogP contribution in [0.3, 0.4) is 0 Å². The quantitative estimate of drug-likeness (QED) is 0.658. The van der Waals surface area contributed by atoms with Crippen LogP contribution in [0, 0.1) is 0 Å². The van der Waals surface area contributed by atoms with E-state index in [-0.39, 0.29) is 6.42 Å². The van der Waals surface area contributed by atoms with Crippen molar-refractivity contribution in [2.24, 2.45) is 0 Å². The van der Waals surface area contributed by atoms with Crippen molar-refractivity contribution in [1.82, 2.24) is 0 Å². The third-order valence-electron chi connectivity index (χ3n) is 1.76. The molecule has 0 saturated heterocycles. The van der Waals surface area contributed by atoms with E-state index in [0.717, 1.165) is 5.57 Å². The number of esters is 1. The molecule has 1 aliphatic carbocycles. The Hall–Kier alpha value is -1.58. The highest BCUT2D eigenvalue weighted by Crippen LogP contribution is 2.22. The van der Waals surface area contributed by atoms with E-state index in [2.05, 4.69) is 4.74 Å². The molecule has 1 N–H and O–H groups in total. The Kier molecular flexibility index (Phi) is 2.84. The Morgan fingerprint density at radius 2 is 2.23 bits per heavy atom. The number of allylic oxidation sites excluding steroid dienone is 2. The third-order valence-corrected chi connectivity index (χ3v) is 1.76. The third kappa shape index (κ3) is 2.43. The lowest BCUT2D eigenvalue weighted by atomic mass is 10.1. The van der Waals surface area contributed by atoms with Gasteiger partial charge in [-0.15, -0.1) is 0 Å². The molecule has 0 radical (unpaired) electrons. The minimum atomic E-state index is -0.884. The number of hydrogen-bond acceptors (Lipinski definition) is 3. The standard InChI is InChI=1S/C9H10O4/c1-13-9(12)7-3-2-6(4-7)5-8(10)11/h2-3H,4-5H2,1H3,(H,10,11). The minimum absolute atomic E-state index is 0.0169. The van der Waals surface area contributed by atoms with Crippen LogP contribution in [0.25, 0.3) is 0 Å². The second kappa shape index (κ2) is 3.89. The van der Waals surface area contributed by atoms with Crippen LogP contribution in [0.15, 0.2) is 23.3 Å². The van der Waals surface area contributed by atoms with Crippen molar-refractivity contribution in [3.8, 4) is 0 Å². The molecule has 0 aromatic carbocycles. The fraction of sp³-hybridized carbons (Fsp3) is 0.333. The van der Waals surface area contributed by atoms with Gasteiger partial charge in [0.15, 0.2) is 0 Å². The molecule has 4 nitrogen and oxygen atoms in total. The van der Waals surface area contributed by atoms with E-state index in [0.29, 0.717) is 12.0 Å². The maximum atomic E-state index is 11.0. The maximum absolute atomic E-state index is 11.0. The summed E-state index contributed by atoms with van der Waals surface area (Å²) in [5.41, 5.74) is 1.24. The van der Waals surface area contributed by atoms with Gasteiger partial charge in [-0.3, -0.25) is 4.79 Å². The molecule has 0 bridgehead atoms. The van der Waals surface area contributed by atoms with Crippen LogP contribution >= 0.6 is 0 Å². The van der Waals surface area contributed by atoms with Crippen LogP contribution < -0.4 is 0 Å². The molecule has 0 fully saturated rings. The number of carbonyl (C=O) groups is 2. The highest BCUT2D eigenvalue weighted by molar-refractivity contribution is 5.90. The van der Waals surface area contributed by atoms with Gasteiger partial charge in [0.2, 0.25) is 0 Å². The zero-order chi connectivity index (χ0) is 9.84. The first-order valence-corrected chi connectivity index (χ1v) is 3.82. The molecule has 4 heteroatoms. The van der Waals surface area contributed by atoms with Crippen molar-refractivity contribution in [2.45, 2.75) is 12.8 Å². The number of methoxy groups -OCH3 is 1. The fourth-order valence-corrected chi connectivity index (χ4v) is 1.17. The van der Waals surface area contributed by atoms with Gasteiger partial charge < -0.3 is 9.84 Å². The summed E-state index contributed by atoms with van der Waals surface area (Å²) in [6, 6.07) is 0. The first-order chi connectivity index (χ1) is 6.13. The topological polar surface area (TPSA) is 63.6 Å². The van der Waals surface area contributed by atoms with Crippen LogP contribution in [0.5, 0.6) is 0 Å². The van der Waals surface area contributed by atoms with Gasteiger partial charge in [-0.25, -0.2) is 4.79 Å². The van der Waals surface area contributed by atoms with E-state index in [4.69, 9.17) is 5.11 Å². The molecule has 0 heterocycles. The largest absolute Gasteiger partial charge is 0.481 e. The molecule has 70 valence electrons. The molecule has 0 saturated carbocycles. The summed E-state index contributed by atoms with van der Waals surface area (Å²) >= 11 is 0. The number of carboxylic acids is 1. The molecule has 1 rings (SSSR count). The lowest BCUT2D eigenvalue weighted by molar-refractivity contribution is -0.137. The predicted molar refractivity (Wildman–Crippen MR) is 45.1 cm³/mol. The summed E-state index contributed by atoms with van der Waals surface area (Å²) in [5, 5.41) is 8.48. The summed E-state index contributed by atoms with van der Waals surface area (Å²) in [6.07, 6.45) is 3.63. The van der Waals surface area contributed by atoms with Crippen LogP contribution in [-0.4, -0.2) is 24.2 Å². The zero-order valence-electron chi connectivity index (χ0n) is 7.24. The van der Waals surface area contributed by atoms with Crippen molar-refractivity contribution >= 4 is 11.9 Å².